The predicted molar refractivity (Wildman–Crippen MR) is 95.2 cm³/mol. The van der Waals surface area contributed by atoms with E-state index in [0.29, 0.717) is 19.5 Å². The van der Waals surface area contributed by atoms with Crippen molar-refractivity contribution >= 4 is 10.9 Å². The number of aromatic amines is 1. The molecule has 126 valence electrons. The number of rotatable bonds is 7. The number of benzene rings is 2. The number of hydrogen-bond donors (Lipinski definition) is 3. The van der Waals surface area contributed by atoms with Crippen LogP contribution in [0.1, 0.15) is 11.1 Å². The second kappa shape index (κ2) is 7.49. The molecule has 0 saturated heterocycles. The van der Waals surface area contributed by atoms with Crippen molar-refractivity contribution in [1.29, 1.82) is 0 Å². The van der Waals surface area contributed by atoms with Gasteiger partial charge in [0.2, 0.25) is 0 Å². The van der Waals surface area contributed by atoms with E-state index in [1.165, 1.54) is 16.0 Å². The van der Waals surface area contributed by atoms with E-state index >= 15 is 0 Å². The average Bonchev–Trinajstić information content (AvgIpc) is 2.98. The second-order valence-corrected chi connectivity index (χ2v) is 5.98. The third kappa shape index (κ3) is 3.76. The van der Waals surface area contributed by atoms with Crippen molar-refractivity contribution in [1.82, 2.24) is 10.0 Å². The molecule has 0 fully saturated rings. The molecule has 0 aliphatic heterocycles. The van der Waals surface area contributed by atoms with E-state index in [1.807, 2.05) is 48.7 Å². The van der Waals surface area contributed by atoms with Gasteiger partial charge in [0, 0.05) is 35.2 Å². The molecule has 0 aliphatic rings. The summed E-state index contributed by atoms with van der Waals surface area (Å²) < 4.78 is 5.31. The maximum Gasteiger partial charge on any atom is 0.123 e. The Hall–Kier alpha value is -2.34. The van der Waals surface area contributed by atoms with Crippen LogP contribution in [0.25, 0.3) is 10.9 Å². The number of para-hydroxylation sites is 2. The summed E-state index contributed by atoms with van der Waals surface area (Å²) in [6.45, 7) is 0.767. The Labute approximate surface area is 141 Å². The molecule has 1 aromatic heterocycles. The molecular formula is C19H23N3O2. The standard InChI is InChI=1S/C19H23N3O2/c1-24-19-9-5-2-6-14(19)12-22(23)13-16(20)10-15-11-21-18-8-4-3-7-17(15)18/h2-9,11,16,21,23H,10,12-13,20H2,1H3/t16-/m1/s1. The maximum absolute atomic E-state index is 10.2. The first-order valence-electron chi connectivity index (χ1n) is 8.03. The van der Waals surface area contributed by atoms with Crippen LogP contribution >= 0.6 is 0 Å². The monoisotopic (exact) mass is 325 g/mol. The van der Waals surface area contributed by atoms with Gasteiger partial charge in [-0.15, -0.1) is 0 Å². The van der Waals surface area contributed by atoms with E-state index in [1.54, 1.807) is 7.11 Å². The molecule has 1 atom stereocenters. The predicted octanol–water partition coefficient (Wildman–Crippen LogP) is 2.94. The van der Waals surface area contributed by atoms with Gasteiger partial charge in [-0.2, -0.15) is 5.06 Å². The molecule has 0 aliphatic carbocycles. The van der Waals surface area contributed by atoms with Crippen molar-refractivity contribution in [3.05, 3.63) is 65.9 Å². The van der Waals surface area contributed by atoms with Crippen LogP contribution in [0.5, 0.6) is 5.75 Å². The third-order valence-corrected chi connectivity index (χ3v) is 4.15. The highest BCUT2D eigenvalue weighted by Gasteiger charge is 2.13. The van der Waals surface area contributed by atoms with E-state index in [0.717, 1.165) is 16.8 Å². The van der Waals surface area contributed by atoms with Gasteiger partial charge in [-0.1, -0.05) is 36.4 Å². The SMILES string of the molecule is COc1ccccc1CN(O)C[C@H](N)Cc1c[nH]c2ccccc12. The van der Waals surface area contributed by atoms with Crippen molar-refractivity contribution in [2.24, 2.45) is 5.73 Å². The van der Waals surface area contributed by atoms with Crippen LogP contribution in [0.3, 0.4) is 0 Å². The zero-order chi connectivity index (χ0) is 16.9. The van der Waals surface area contributed by atoms with Crippen LogP contribution in [-0.2, 0) is 13.0 Å². The van der Waals surface area contributed by atoms with E-state index in [2.05, 4.69) is 11.1 Å². The molecule has 24 heavy (non-hydrogen) atoms. The molecule has 5 nitrogen and oxygen atoms in total. The topological polar surface area (TPSA) is 74.5 Å². The minimum atomic E-state index is -0.163. The van der Waals surface area contributed by atoms with Gasteiger partial charge in [0.25, 0.3) is 0 Å². The Morgan fingerprint density at radius 1 is 1.12 bits per heavy atom. The van der Waals surface area contributed by atoms with Gasteiger partial charge in [0.1, 0.15) is 5.75 Å². The normalized spacial score (nSPS) is 12.7. The first-order chi connectivity index (χ1) is 11.7. The van der Waals surface area contributed by atoms with Crippen LogP contribution in [-0.4, -0.2) is 35.0 Å². The summed E-state index contributed by atoms with van der Waals surface area (Å²) in [6, 6.07) is 15.6. The van der Waals surface area contributed by atoms with Crippen LogP contribution in [0.15, 0.2) is 54.7 Å². The van der Waals surface area contributed by atoms with Crippen molar-refractivity contribution in [2.45, 2.75) is 19.0 Å². The number of nitrogens with two attached hydrogens (primary N) is 1. The Morgan fingerprint density at radius 3 is 2.71 bits per heavy atom. The van der Waals surface area contributed by atoms with E-state index < -0.39 is 0 Å². The summed E-state index contributed by atoms with van der Waals surface area (Å²) in [5.41, 5.74) is 9.44. The Morgan fingerprint density at radius 2 is 1.88 bits per heavy atom. The highest BCUT2D eigenvalue weighted by Crippen LogP contribution is 2.20. The lowest BCUT2D eigenvalue weighted by Gasteiger charge is -2.20. The summed E-state index contributed by atoms with van der Waals surface area (Å²) in [4.78, 5) is 3.25. The quantitative estimate of drug-likeness (QED) is 0.584. The first kappa shape index (κ1) is 16.5. The number of methoxy groups -OCH3 is 1. The zero-order valence-electron chi connectivity index (χ0n) is 13.8. The highest BCUT2D eigenvalue weighted by atomic mass is 16.5. The lowest BCUT2D eigenvalue weighted by atomic mass is 10.1. The summed E-state index contributed by atoms with van der Waals surface area (Å²) in [7, 11) is 1.63. The fourth-order valence-electron chi connectivity index (χ4n) is 3.01. The van der Waals surface area contributed by atoms with Crippen molar-refractivity contribution in [3.8, 4) is 5.75 Å². The number of ether oxygens (including phenoxy) is 1. The Bertz CT molecular complexity index is 800. The van der Waals surface area contributed by atoms with Gasteiger partial charge in [0.15, 0.2) is 0 Å². The molecule has 0 saturated carbocycles. The van der Waals surface area contributed by atoms with Crippen molar-refractivity contribution in [3.63, 3.8) is 0 Å². The molecule has 0 bridgehead atoms. The smallest absolute Gasteiger partial charge is 0.123 e. The molecule has 1 heterocycles. The molecule has 5 heteroatoms. The Balaban J connectivity index is 1.61. The zero-order valence-corrected chi connectivity index (χ0v) is 13.8. The van der Waals surface area contributed by atoms with E-state index in [-0.39, 0.29) is 6.04 Å². The summed E-state index contributed by atoms with van der Waals surface area (Å²) >= 11 is 0. The van der Waals surface area contributed by atoms with Gasteiger partial charge >= 0.3 is 0 Å². The summed E-state index contributed by atoms with van der Waals surface area (Å²) in [6.07, 6.45) is 2.69. The molecular weight excluding hydrogens is 302 g/mol. The Kier molecular flexibility index (Phi) is 5.15. The van der Waals surface area contributed by atoms with Gasteiger partial charge in [-0.05, 0) is 24.1 Å². The molecule has 0 unspecified atom stereocenters. The number of H-pyrrole nitrogens is 1. The lowest BCUT2D eigenvalue weighted by molar-refractivity contribution is -0.103. The molecule has 3 aromatic rings. The van der Waals surface area contributed by atoms with Gasteiger partial charge < -0.3 is 20.7 Å². The van der Waals surface area contributed by atoms with E-state index in [9.17, 15) is 5.21 Å². The molecule has 4 N–H and O–H groups in total. The number of aromatic nitrogens is 1. The number of hydrogen-bond acceptors (Lipinski definition) is 4. The van der Waals surface area contributed by atoms with Gasteiger partial charge in [0.05, 0.1) is 13.7 Å². The summed E-state index contributed by atoms with van der Waals surface area (Å²) in [5.74, 6) is 0.766. The molecule has 2 aromatic carbocycles. The van der Waals surface area contributed by atoms with E-state index in [4.69, 9.17) is 10.5 Å². The first-order valence-corrected chi connectivity index (χ1v) is 8.03. The average molecular weight is 325 g/mol. The molecule has 0 radical (unpaired) electrons. The second-order valence-electron chi connectivity index (χ2n) is 5.98. The minimum absolute atomic E-state index is 0.163. The van der Waals surface area contributed by atoms with Crippen molar-refractivity contribution < 1.29 is 9.94 Å². The largest absolute Gasteiger partial charge is 0.496 e. The number of fused-ring (bicyclic) bond motifs is 1. The van der Waals surface area contributed by atoms with Crippen LogP contribution in [0.4, 0.5) is 0 Å². The minimum Gasteiger partial charge on any atom is -0.496 e. The molecule has 3 rings (SSSR count). The van der Waals surface area contributed by atoms with Crippen LogP contribution in [0.2, 0.25) is 0 Å². The van der Waals surface area contributed by atoms with Gasteiger partial charge in [-0.25, -0.2) is 0 Å². The van der Waals surface area contributed by atoms with Crippen molar-refractivity contribution in [2.75, 3.05) is 13.7 Å². The third-order valence-electron chi connectivity index (χ3n) is 4.15. The fraction of sp³-hybridized carbons (Fsp3) is 0.263. The molecule has 0 spiro atoms. The van der Waals surface area contributed by atoms with Gasteiger partial charge in [-0.3, -0.25) is 0 Å². The number of hydroxylamine groups is 2. The highest BCUT2D eigenvalue weighted by molar-refractivity contribution is 5.83. The van der Waals surface area contributed by atoms with Crippen LogP contribution < -0.4 is 10.5 Å². The fourth-order valence-corrected chi connectivity index (χ4v) is 3.01. The molecule has 0 amide bonds. The number of nitrogens with one attached hydrogen (secondary N) is 1. The maximum atomic E-state index is 10.2. The number of nitrogens with zero attached hydrogens (tertiary/aromatic N) is 1. The lowest BCUT2D eigenvalue weighted by Crippen LogP contribution is -2.36. The summed E-state index contributed by atoms with van der Waals surface area (Å²) in [5, 5.41) is 12.7. The van der Waals surface area contributed by atoms with Crippen LogP contribution in [0, 0.1) is 0 Å².